The molecule has 0 saturated carbocycles. The van der Waals surface area contributed by atoms with Crippen LogP contribution in [0.5, 0.6) is 5.75 Å². The summed E-state index contributed by atoms with van der Waals surface area (Å²) in [5.74, 6) is 0.475. The number of nitrogens with one attached hydrogen (secondary N) is 3. The zero-order valence-electron chi connectivity index (χ0n) is 15.6. The topological polar surface area (TPSA) is 62.4 Å². The van der Waals surface area contributed by atoms with Crippen molar-refractivity contribution < 1.29 is 9.53 Å². The zero-order valence-corrected chi connectivity index (χ0v) is 15.6. The fraction of sp³-hybridized carbons (Fsp3) is 0.381. The summed E-state index contributed by atoms with van der Waals surface area (Å²) >= 11 is 0. The first-order valence-corrected chi connectivity index (χ1v) is 9.01. The summed E-state index contributed by atoms with van der Waals surface area (Å²) in [6.45, 7) is 3.07. The molecule has 1 amide bonds. The average molecular weight is 353 g/mol. The van der Waals surface area contributed by atoms with Gasteiger partial charge in [0.15, 0.2) is 0 Å². The molecule has 1 aliphatic rings. The Kier molecular flexibility index (Phi) is 5.47. The van der Waals surface area contributed by atoms with E-state index in [2.05, 4.69) is 47.1 Å². The average Bonchev–Trinajstić information content (AvgIpc) is 3.01. The molecule has 2 unspecified atom stereocenters. The van der Waals surface area contributed by atoms with E-state index in [1.165, 1.54) is 5.56 Å². The molecule has 0 radical (unpaired) electrons. The third kappa shape index (κ3) is 3.83. The highest BCUT2D eigenvalue weighted by atomic mass is 16.5. The van der Waals surface area contributed by atoms with E-state index < -0.39 is 0 Å². The van der Waals surface area contributed by atoms with Crippen molar-refractivity contribution in [3.63, 3.8) is 0 Å². The third-order valence-electron chi connectivity index (χ3n) is 5.19. The highest BCUT2D eigenvalue weighted by Gasteiger charge is 2.39. The predicted molar refractivity (Wildman–Crippen MR) is 105 cm³/mol. The number of hydrogen-bond donors (Lipinski definition) is 3. The lowest BCUT2D eigenvalue weighted by molar-refractivity contribution is 0.0917. The Bertz CT molecular complexity index is 763. The molecule has 26 heavy (non-hydrogen) atoms. The highest BCUT2D eigenvalue weighted by molar-refractivity contribution is 5.97. The quantitative estimate of drug-likeness (QED) is 0.747. The fourth-order valence-corrected chi connectivity index (χ4v) is 3.65. The molecule has 0 aromatic heterocycles. The summed E-state index contributed by atoms with van der Waals surface area (Å²) in [4.78, 5) is 12.9. The Morgan fingerprint density at radius 2 is 2.04 bits per heavy atom. The minimum atomic E-state index is -0.171. The van der Waals surface area contributed by atoms with Crippen molar-refractivity contribution in [2.45, 2.75) is 31.3 Å². The molecule has 2 aromatic rings. The second kappa shape index (κ2) is 7.79. The van der Waals surface area contributed by atoms with Crippen LogP contribution < -0.4 is 20.7 Å². The first kappa shape index (κ1) is 18.3. The van der Waals surface area contributed by atoms with E-state index in [1.54, 1.807) is 13.2 Å². The van der Waals surface area contributed by atoms with Gasteiger partial charge < -0.3 is 20.7 Å². The number of ether oxygens (including phenoxy) is 1. The molecule has 0 aliphatic carbocycles. The summed E-state index contributed by atoms with van der Waals surface area (Å²) in [6, 6.07) is 16.0. The fourth-order valence-electron chi connectivity index (χ4n) is 3.65. The number of rotatable bonds is 6. The lowest BCUT2D eigenvalue weighted by Crippen LogP contribution is -2.54. The standard InChI is InChI=1S/C21H27N3O2/c1-21(14-15-7-5-4-6-8-15)19(11-12-23-21)24-20(25)17-10-9-16(22-2)13-18(17)26-3/h4-10,13,19,22-23H,11-12,14H2,1-3H3,(H,24,25). The Balaban J connectivity index is 1.76. The number of amides is 1. The van der Waals surface area contributed by atoms with Crippen LogP contribution in [-0.2, 0) is 6.42 Å². The van der Waals surface area contributed by atoms with E-state index in [1.807, 2.05) is 25.2 Å². The largest absolute Gasteiger partial charge is 0.496 e. The predicted octanol–water partition coefficient (Wildman–Crippen LogP) is 2.83. The van der Waals surface area contributed by atoms with E-state index in [0.717, 1.165) is 25.1 Å². The number of anilines is 1. The van der Waals surface area contributed by atoms with E-state index >= 15 is 0 Å². The van der Waals surface area contributed by atoms with E-state index in [0.29, 0.717) is 11.3 Å². The van der Waals surface area contributed by atoms with Gasteiger partial charge in [-0.05, 0) is 44.0 Å². The summed E-state index contributed by atoms with van der Waals surface area (Å²) in [5.41, 5.74) is 2.56. The van der Waals surface area contributed by atoms with Gasteiger partial charge in [-0.3, -0.25) is 4.79 Å². The van der Waals surface area contributed by atoms with Gasteiger partial charge in [0.25, 0.3) is 5.91 Å². The number of methoxy groups -OCH3 is 1. The smallest absolute Gasteiger partial charge is 0.255 e. The lowest BCUT2D eigenvalue weighted by Gasteiger charge is -2.32. The highest BCUT2D eigenvalue weighted by Crippen LogP contribution is 2.27. The van der Waals surface area contributed by atoms with Gasteiger partial charge in [0, 0.05) is 30.4 Å². The van der Waals surface area contributed by atoms with Gasteiger partial charge in [-0.1, -0.05) is 30.3 Å². The van der Waals surface area contributed by atoms with Gasteiger partial charge in [0.1, 0.15) is 5.75 Å². The van der Waals surface area contributed by atoms with Crippen LogP contribution in [0.15, 0.2) is 48.5 Å². The number of carbonyl (C=O) groups is 1. The van der Waals surface area contributed by atoms with Crippen molar-refractivity contribution in [3.05, 3.63) is 59.7 Å². The molecule has 0 spiro atoms. The van der Waals surface area contributed by atoms with Crippen molar-refractivity contribution in [2.75, 3.05) is 26.0 Å². The van der Waals surface area contributed by atoms with Crippen molar-refractivity contribution in [1.82, 2.24) is 10.6 Å². The van der Waals surface area contributed by atoms with Crippen LogP contribution in [0, 0.1) is 0 Å². The molecule has 1 saturated heterocycles. The van der Waals surface area contributed by atoms with Crippen LogP contribution in [0.3, 0.4) is 0 Å². The van der Waals surface area contributed by atoms with Gasteiger partial charge >= 0.3 is 0 Å². The van der Waals surface area contributed by atoms with Crippen LogP contribution >= 0.6 is 0 Å². The minimum absolute atomic E-state index is 0.0592. The van der Waals surface area contributed by atoms with E-state index in [9.17, 15) is 4.79 Å². The molecule has 3 rings (SSSR count). The molecule has 3 N–H and O–H groups in total. The first-order valence-electron chi connectivity index (χ1n) is 9.01. The van der Waals surface area contributed by atoms with Gasteiger partial charge in [0.2, 0.25) is 0 Å². The molecular formula is C21H27N3O2. The van der Waals surface area contributed by atoms with Crippen molar-refractivity contribution in [3.8, 4) is 5.75 Å². The van der Waals surface area contributed by atoms with E-state index in [-0.39, 0.29) is 17.5 Å². The summed E-state index contributed by atoms with van der Waals surface area (Å²) in [7, 11) is 3.43. The Hall–Kier alpha value is -2.53. The summed E-state index contributed by atoms with van der Waals surface area (Å²) < 4.78 is 5.40. The molecule has 5 heteroatoms. The van der Waals surface area contributed by atoms with Gasteiger partial charge in [-0.2, -0.15) is 0 Å². The molecule has 5 nitrogen and oxygen atoms in total. The van der Waals surface area contributed by atoms with Crippen LogP contribution in [0.2, 0.25) is 0 Å². The Morgan fingerprint density at radius 3 is 2.73 bits per heavy atom. The molecular weight excluding hydrogens is 326 g/mol. The molecule has 2 aromatic carbocycles. The maximum absolute atomic E-state index is 12.9. The molecule has 1 aliphatic heterocycles. The molecule has 138 valence electrons. The van der Waals surface area contributed by atoms with Crippen molar-refractivity contribution in [1.29, 1.82) is 0 Å². The van der Waals surface area contributed by atoms with Crippen molar-refractivity contribution >= 4 is 11.6 Å². The normalized spacial score (nSPS) is 22.0. The third-order valence-corrected chi connectivity index (χ3v) is 5.19. The van der Waals surface area contributed by atoms with Crippen molar-refractivity contribution in [2.24, 2.45) is 0 Å². The monoisotopic (exact) mass is 353 g/mol. The maximum Gasteiger partial charge on any atom is 0.255 e. The molecule has 1 heterocycles. The summed E-state index contributed by atoms with van der Waals surface area (Å²) in [6.07, 6.45) is 1.78. The second-order valence-corrected chi connectivity index (χ2v) is 6.99. The van der Waals surface area contributed by atoms with Crippen LogP contribution in [0.4, 0.5) is 5.69 Å². The van der Waals surface area contributed by atoms with Gasteiger partial charge in [-0.15, -0.1) is 0 Å². The van der Waals surface area contributed by atoms with Crippen LogP contribution in [0.1, 0.15) is 29.3 Å². The lowest BCUT2D eigenvalue weighted by atomic mass is 9.87. The zero-order chi connectivity index (χ0) is 18.6. The molecule has 1 fully saturated rings. The van der Waals surface area contributed by atoms with Gasteiger partial charge in [-0.25, -0.2) is 0 Å². The number of carbonyl (C=O) groups excluding carboxylic acids is 1. The maximum atomic E-state index is 12.9. The Morgan fingerprint density at radius 1 is 1.27 bits per heavy atom. The minimum Gasteiger partial charge on any atom is -0.496 e. The molecule has 2 atom stereocenters. The first-order chi connectivity index (χ1) is 12.6. The second-order valence-electron chi connectivity index (χ2n) is 6.99. The van der Waals surface area contributed by atoms with Gasteiger partial charge in [0.05, 0.1) is 12.7 Å². The van der Waals surface area contributed by atoms with Crippen LogP contribution in [0.25, 0.3) is 0 Å². The summed E-state index contributed by atoms with van der Waals surface area (Å²) in [5, 5.41) is 9.86. The number of benzene rings is 2. The van der Waals surface area contributed by atoms with E-state index in [4.69, 9.17) is 4.74 Å². The van der Waals surface area contributed by atoms with Crippen LogP contribution in [-0.4, -0.2) is 38.2 Å². The molecule has 0 bridgehead atoms. The SMILES string of the molecule is CNc1ccc(C(=O)NC2CCNC2(C)Cc2ccccc2)c(OC)c1. The number of hydrogen-bond acceptors (Lipinski definition) is 4. The Labute approximate surface area is 155 Å².